The van der Waals surface area contributed by atoms with Crippen LogP contribution < -0.4 is 0 Å². The van der Waals surface area contributed by atoms with E-state index in [1.807, 2.05) is 0 Å². The van der Waals surface area contributed by atoms with Gasteiger partial charge in [-0.3, -0.25) is 0 Å². The van der Waals surface area contributed by atoms with E-state index in [1.165, 1.54) is 70.6 Å². The molecule has 0 bridgehead atoms. The molecule has 0 amide bonds. The first-order valence-corrected chi connectivity index (χ1v) is 9.72. The van der Waals surface area contributed by atoms with Crippen LogP contribution in [-0.4, -0.2) is 24.4 Å². The van der Waals surface area contributed by atoms with Crippen molar-refractivity contribution in [2.75, 3.05) is 13.2 Å². The van der Waals surface area contributed by atoms with Gasteiger partial charge in [0, 0.05) is 13.2 Å². The van der Waals surface area contributed by atoms with Crippen molar-refractivity contribution in [2.45, 2.75) is 103 Å². The molecule has 0 aromatic carbocycles. The first-order chi connectivity index (χ1) is 10.8. The molecule has 22 heavy (non-hydrogen) atoms. The van der Waals surface area contributed by atoms with Gasteiger partial charge in [-0.15, -0.1) is 0 Å². The highest BCUT2D eigenvalue weighted by Gasteiger charge is 2.00. The first-order valence-electron chi connectivity index (χ1n) is 9.72. The zero-order valence-corrected chi connectivity index (χ0v) is 15.2. The third-order valence-electron chi connectivity index (χ3n) is 4.08. The van der Waals surface area contributed by atoms with E-state index in [-0.39, 0.29) is 6.10 Å². The van der Waals surface area contributed by atoms with Gasteiger partial charge in [0.25, 0.3) is 0 Å². The highest BCUT2D eigenvalue weighted by Crippen LogP contribution is 2.10. The third-order valence-corrected chi connectivity index (χ3v) is 4.08. The molecule has 0 aliphatic rings. The summed E-state index contributed by atoms with van der Waals surface area (Å²) in [5, 5.41) is 9.85. The molecule has 0 unspecified atom stereocenters. The van der Waals surface area contributed by atoms with Crippen molar-refractivity contribution in [3.63, 3.8) is 0 Å². The molecule has 1 N–H and O–H groups in total. The van der Waals surface area contributed by atoms with E-state index in [0.29, 0.717) is 0 Å². The number of rotatable bonds is 17. The first kappa shape index (κ1) is 21.7. The second kappa shape index (κ2) is 18.7. The fraction of sp³-hybridized carbons (Fsp3) is 0.900. The van der Waals surface area contributed by atoms with Gasteiger partial charge >= 0.3 is 0 Å². The van der Waals surface area contributed by atoms with Gasteiger partial charge in [0.2, 0.25) is 0 Å². The van der Waals surface area contributed by atoms with E-state index < -0.39 is 0 Å². The monoisotopic (exact) mass is 312 g/mol. The highest BCUT2D eigenvalue weighted by atomic mass is 16.5. The summed E-state index contributed by atoms with van der Waals surface area (Å²) >= 11 is 0. The number of allylic oxidation sites excluding steroid dienone is 1. The molecule has 0 radical (unpaired) electrons. The summed E-state index contributed by atoms with van der Waals surface area (Å²) in [6.07, 6.45) is 20.1. The summed E-state index contributed by atoms with van der Waals surface area (Å²) in [7, 11) is 0. The number of aliphatic hydroxyl groups excluding tert-OH is 1. The fourth-order valence-corrected chi connectivity index (χ4v) is 2.61. The summed E-state index contributed by atoms with van der Waals surface area (Å²) < 4.78 is 5.33. The molecular formula is C20H40O2. The van der Waals surface area contributed by atoms with Crippen molar-refractivity contribution >= 4 is 0 Å². The molecule has 0 aliphatic carbocycles. The number of aliphatic hydroxyl groups is 1. The summed E-state index contributed by atoms with van der Waals surface area (Å²) in [5.74, 6) is 0. The minimum atomic E-state index is -0.126. The fourth-order valence-electron chi connectivity index (χ4n) is 2.61. The SMILES string of the molecule is CCCCCC[C@@H](O)C/C=C\CCCCCCCCOCC. The van der Waals surface area contributed by atoms with E-state index in [9.17, 15) is 5.11 Å². The summed E-state index contributed by atoms with van der Waals surface area (Å²) in [6.45, 7) is 6.05. The molecule has 0 saturated heterocycles. The molecule has 2 heteroatoms. The van der Waals surface area contributed by atoms with Gasteiger partial charge < -0.3 is 9.84 Å². The van der Waals surface area contributed by atoms with E-state index >= 15 is 0 Å². The maximum atomic E-state index is 9.85. The van der Waals surface area contributed by atoms with Gasteiger partial charge in [0.05, 0.1) is 6.10 Å². The topological polar surface area (TPSA) is 29.5 Å². The van der Waals surface area contributed by atoms with E-state index in [4.69, 9.17) is 4.74 Å². The van der Waals surface area contributed by atoms with Gasteiger partial charge in [0.1, 0.15) is 0 Å². The molecule has 132 valence electrons. The summed E-state index contributed by atoms with van der Waals surface area (Å²) in [5.41, 5.74) is 0. The Morgan fingerprint density at radius 3 is 2.23 bits per heavy atom. The van der Waals surface area contributed by atoms with Crippen LogP contribution in [0.25, 0.3) is 0 Å². The lowest BCUT2D eigenvalue weighted by Gasteiger charge is -2.07. The summed E-state index contributed by atoms with van der Waals surface area (Å²) in [4.78, 5) is 0. The van der Waals surface area contributed by atoms with Crippen LogP contribution in [0.5, 0.6) is 0 Å². The Morgan fingerprint density at radius 2 is 1.50 bits per heavy atom. The Balaban J connectivity index is 3.19. The molecule has 0 fully saturated rings. The number of unbranched alkanes of at least 4 members (excludes halogenated alkanes) is 9. The quantitative estimate of drug-likeness (QED) is 0.262. The number of ether oxygens (including phenoxy) is 1. The van der Waals surface area contributed by atoms with Crippen molar-refractivity contribution in [1.29, 1.82) is 0 Å². The Hall–Kier alpha value is -0.340. The molecule has 0 aromatic heterocycles. The van der Waals surface area contributed by atoms with Gasteiger partial charge in [-0.2, -0.15) is 0 Å². The minimum Gasteiger partial charge on any atom is -0.393 e. The molecular weight excluding hydrogens is 272 g/mol. The lowest BCUT2D eigenvalue weighted by molar-refractivity contribution is 0.143. The van der Waals surface area contributed by atoms with Crippen LogP contribution in [0.2, 0.25) is 0 Å². The van der Waals surface area contributed by atoms with Crippen LogP contribution in [0.4, 0.5) is 0 Å². The maximum Gasteiger partial charge on any atom is 0.0574 e. The predicted molar refractivity (Wildman–Crippen MR) is 97.3 cm³/mol. The average Bonchev–Trinajstić information content (AvgIpc) is 2.52. The van der Waals surface area contributed by atoms with Gasteiger partial charge in [-0.25, -0.2) is 0 Å². The zero-order chi connectivity index (χ0) is 16.3. The lowest BCUT2D eigenvalue weighted by Crippen LogP contribution is -2.04. The van der Waals surface area contributed by atoms with Crippen molar-refractivity contribution in [3.8, 4) is 0 Å². The van der Waals surface area contributed by atoms with Crippen LogP contribution in [0.3, 0.4) is 0 Å². The Morgan fingerprint density at radius 1 is 0.818 bits per heavy atom. The van der Waals surface area contributed by atoms with Crippen LogP contribution in [0.15, 0.2) is 12.2 Å². The number of hydrogen-bond donors (Lipinski definition) is 1. The van der Waals surface area contributed by atoms with Crippen LogP contribution >= 0.6 is 0 Å². The van der Waals surface area contributed by atoms with Crippen molar-refractivity contribution in [3.05, 3.63) is 12.2 Å². The van der Waals surface area contributed by atoms with Crippen molar-refractivity contribution in [1.82, 2.24) is 0 Å². The molecule has 1 atom stereocenters. The Bertz CT molecular complexity index is 226. The Labute approximate surface area is 139 Å². The predicted octanol–water partition coefficient (Wildman–Crippen LogP) is 6.03. The average molecular weight is 313 g/mol. The van der Waals surface area contributed by atoms with E-state index in [0.717, 1.165) is 26.1 Å². The minimum absolute atomic E-state index is 0.126. The van der Waals surface area contributed by atoms with Gasteiger partial charge in [0.15, 0.2) is 0 Å². The van der Waals surface area contributed by atoms with Crippen molar-refractivity contribution in [2.24, 2.45) is 0 Å². The lowest BCUT2D eigenvalue weighted by atomic mass is 10.1. The summed E-state index contributed by atoms with van der Waals surface area (Å²) in [6, 6.07) is 0. The normalized spacial score (nSPS) is 13.0. The molecule has 0 rings (SSSR count). The second-order valence-electron chi connectivity index (χ2n) is 6.32. The van der Waals surface area contributed by atoms with Gasteiger partial charge in [-0.05, 0) is 39.0 Å². The third kappa shape index (κ3) is 17.7. The zero-order valence-electron chi connectivity index (χ0n) is 15.2. The molecule has 0 spiro atoms. The van der Waals surface area contributed by atoms with Crippen LogP contribution in [0, 0.1) is 0 Å². The molecule has 0 aromatic rings. The van der Waals surface area contributed by atoms with E-state index in [2.05, 4.69) is 26.0 Å². The van der Waals surface area contributed by atoms with Crippen LogP contribution in [0.1, 0.15) is 97.3 Å². The smallest absolute Gasteiger partial charge is 0.0574 e. The van der Waals surface area contributed by atoms with Crippen molar-refractivity contribution < 1.29 is 9.84 Å². The molecule has 0 heterocycles. The van der Waals surface area contributed by atoms with Crippen LogP contribution in [-0.2, 0) is 4.74 Å². The highest BCUT2D eigenvalue weighted by molar-refractivity contribution is 4.83. The number of hydrogen-bond acceptors (Lipinski definition) is 2. The second-order valence-corrected chi connectivity index (χ2v) is 6.32. The standard InChI is InChI=1S/C20H40O2/c1-3-5-6-14-17-20(21)18-15-12-10-8-7-9-11-13-16-19-22-4-2/h12,15,20-21H,3-11,13-14,16-19H2,1-2H3/b15-12-/t20-/m1/s1. The molecule has 0 saturated carbocycles. The largest absolute Gasteiger partial charge is 0.393 e. The van der Waals surface area contributed by atoms with E-state index in [1.54, 1.807) is 0 Å². The molecule has 0 aliphatic heterocycles. The Kier molecular flexibility index (Phi) is 18.4. The van der Waals surface area contributed by atoms with Gasteiger partial charge in [-0.1, -0.05) is 70.4 Å². The maximum absolute atomic E-state index is 9.85. The molecule has 2 nitrogen and oxygen atoms in total.